The summed E-state index contributed by atoms with van der Waals surface area (Å²) in [7, 11) is 0. The molecule has 5 rings (SSSR count). The molecule has 6 nitrogen and oxygen atoms in total. The first kappa shape index (κ1) is 16.6. The second kappa shape index (κ2) is 6.86. The number of aromatic nitrogens is 4. The predicted octanol–water partition coefficient (Wildman–Crippen LogP) is 3.92. The van der Waals surface area contributed by atoms with Crippen LogP contribution in [0.5, 0.6) is 0 Å². The molecule has 4 aromatic rings. The Morgan fingerprint density at radius 2 is 2.07 bits per heavy atom. The smallest absolute Gasteiger partial charge is 0.251 e. The number of benzene rings is 1. The molecule has 8 heteroatoms. The van der Waals surface area contributed by atoms with Gasteiger partial charge in [0.15, 0.2) is 0 Å². The number of rotatable bonds is 6. The molecule has 1 amide bonds. The van der Waals surface area contributed by atoms with Crippen LogP contribution in [-0.2, 0) is 6.54 Å². The molecule has 0 aliphatic heterocycles. The summed E-state index contributed by atoms with van der Waals surface area (Å²) in [4.78, 5) is 13.6. The van der Waals surface area contributed by atoms with E-state index in [0.717, 1.165) is 28.5 Å². The van der Waals surface area contributed by atoms with Gasteiger partial charge in [0.05, 0.1) is 23.2 Å². The van der Waals surface area contributed by atoms with Gasteiger partial charge in [0.1, 0.15) is 16.7 Å². The summed E-state index contributed by atoms with van der Waals surface area (Å²) in [6, 6.07) is 11.8. The van der Waals surface area contributed by atoms with Crippen LogP contribution >= 0.6 is 23.1 Å². The average molecular weight is 396 g/mol. The Morgan fingerprint density at radius 3 is 2.89 bits per heavy atom. The highest BCUT2D eigenvalue weighted by atomic mass is 32.1. The van der Waals surface area contributed by atoms with Gasteiger partial charge in [-0.05, 0) is 48.6 Å². The summed E-state index contributed by atoms with van der Waals surface area (Å²) >= 11 is 2.86. The van der Waals surface area contributed by atoms with Gasteiger partial charge in [-0.2, -0.15) is 13.8 Å². The third-order valence-corrected chi connectivity index (χ3v) is 6.15. The molecule has 3 aromatic heterocycles. The normalized spacial score (nSPS) is 13.9. The first-order chi connectivity index (χ1) is 13.3. The molecule has 1 saturated carbocycles. The molecule has 27 heavy (non-hydrogen) atoms. The van der Waals surface area contributed by atoms with Crippen molar-refractivity contribution in [3.05, 3.63) is 53.0 Å². The van der Waals surface area contributed by atoms with E-state index in [4.69, 9.17) is 5.10 Å². The fourth-order valence-electron chi connectivity index (χ4n) is 3.16. The lowest BCUT2D eigenvalue weighted by Crippen LogP contribution is -2.27. The molecule has 0 spiro atoms. The molecule has 3 heterocycles. The molecule has 0 atom stereocenters. The summed E-state index contributed by atoms with van der Waals surface area (Å²) in [5, 5.41) is 9.84. The van der Waals surface area contributed by atoms with Crippen molar-refractivity contribution in [3.8, 4) is 10.6 Å². The molecule has 1 N–H and O–H groups in total. The van der Waals surface area contributed by atoms with Gasteiger partial charge in [-0.25, -0.2) is 0 Å². The maximum absolute atomic E-state index is 12.4. The van der Waals surface area contributed by atoms with E-state index in [1.54, 1.807) is 23.5 Å². The number of carbonyl (C=O) groups excluding carboxylic acids is 1. The van der Waals surface area contributed by atoms with Crippen LogP contribution in [0.25, 0.3) is 21.6 Å². The zero-order chi connectivity index (χ0) is 18.2. The van der Waals surface area contributed by atoms with Gasteiger partial charge >= 0.3 is 0 Å². The van der Waals surface area contributed by atoms with E-state index in [9.17, 15) is 4.79 Å². The van der Waals surface area contributed by atoms with Crippen molar-refractivity contribution in [3.63, 3.8) is 0 Å². The van der Waals surface area contributed by atoms with E-state index >= 15 is 0 Å². The molecule has 1 aliphatic rings. The van der Waals surface area contributed by atoms with Crippen LogP contribution in [0, 0.1) is 0 Å². The second-order valence-corrected chi connectivity index (χ2v) is 8.13. The van der Waals surface area contributed by atoms with Crippen LogP contribution in [-0.4, -0.2) is 31.0 Å². The zero-order valence-electron chi connectivity index (χ0n) is 14.5. The van der Waals surface area contributed by atoms with Crippen molar-refractivity contribution in [2.45, 2.75) is 25.3 Å². The van der Waals surface area contributed by atoms with Crippen LogP contribution in [0.2, 0.25) is 0 Å². The quantitative estimate of drug-likeness (QED) is 0.537. The maximum atomic E-state index is 12.4. The Labute approximate surface area is 164 Å². The number of nitrogens with one attached hydrogen (secondary N) is 1. The minimum Gasteiger partial charge on any atom is -0.350 e. The molecular weight excluding hydrogens is 378 g/mol. The fraction of sp³-hybridized carbons (Fsp3) is 0.263. The molecule has 0 bridgehead atoms. The topological polar surface area (TPSA) is 72.7 Å². The van der Waals surface area contributed by atoms with E-state index in [2.05, 4.69) is 36.3 Å². The van der Waals surface area contributed by atoms with E-state index in [-0.39, 0.29) is 5.91 Å². The van der Waals surface area contributed by atoms with E-state index in [0.29, 0.717) is 24.6 Å². The van der Waals surface area contributed by atoms with Crippen molar-refractivity contribution in [1.82, 2.24) is 23.8 Å². The summed E-state index contributed by atoms with van der Waals surface area (Å²) < 4.78 is 10.4. The predicted molar refractivity (Wildman–Crippen MR) is 107 cm³/mol. The first-order valence-electron chi connectivity index (χ1n) is 8.90. The number of nitrogens with zero attached hydrogens (tertiary/aromatic N) is 4. The van der Waals surface area contributed by atoms with Gasteiger partial charge in [-0.3, -0.25) is 9.48 Å². The van der Waals surface area contributed by atoms with Crippen LogP contribution in [0.15, 0.2) is 41.8 Å². The van der Waals surface area contributed by atoms with E-state index in [1.165, 1.54) is 23.4 Å². The minimum absolute atomic E-state index is 0.0940. The van der Waals surface area contributed by atoms with Gasteiger partial charge in [0, 0.05) is 23.7 Å². The lowest BCUT2D eigenvalue weighted by molar-refractivity contribution is 0.0952. The average Bonchev–Trinajstić information content (AvgIpc) is 3.10. The van der Waals surface area contributed by atoms with Gasteiger partial charge in [0.2, 0.25) is 0 Å². The van der Waals surface area contributed by atoms with Gasteiger partial charge in [-0.1, -0.05) is 6.07 Å². The number of hydrogen-bond acceptors (Lipinski definition) is 6. The van der Waals surface area contributed by atoms with Crippen LogP contribution in [0.3, 0.4) is 0 Å². The van der Waals surface area contributed by atoms with Gasteiger partial charge in [0.25, 0.3) is 5.91 Å². The number of thiophene rings is 1. The molecule has 1 aliphatic carbocycles. The van der Waals surface area contributed by atoms with E-state index in [1.807, 2.05) is 12.1 Å². The number of fused-ring (bicyclic) bond motifs is 1. The number of hydrogen-bond donors (Lipinski definition) is 1. The number of carbonyl (C=O) groups is 1. The molecule has 0 unspecified atom stereocenters. The van der Waals surface area contributed by atoms with Crippen molar-refractivity contribution in [2.75, 3.05) is 6.54 Å². The second-order valence-electron chi connectivity index (χ2n) is 6.65. The summed E-state index contributed by atoms with van der Waals surface area (Å²) in [6.45, 7) is 1.21. The van der Waals surface area contributed by atoms with Crippen molar-refractivity contribution in [2.24, 2.45) is 0 Å². The summed E-state index contributed by atoms with van der Waals surface area (Å²) in [5.74, 6) is 0.519. The Balaban J connectivity index is 1.27. The van der Waals surface area contributed by atoms with Gasteiger partial charge < -0.3 is 5.32 Å². The monoisotopic (exact) mass is 395 g/mol. The fourth-order valence-corrected chi connectivity index (χ4v) is 4.36. The maximum Gasteiger partial charge on any atom is 0.251 e. The first-order valence-corrected chi connectivity index (χ1v) is 10.5. The molecule has 0 radical (unpaired) electrons. The third-order valence-electron chi connectivity index (χ3n) is 4.71. The highest BCUT2D eigenvalue weighted by Gasteiger charge is 2.28. The Bertz CT molecular complexity index is 1090. The van der Waals surface area contributed by atoms with Gasteiger partial charge in [-0.15, -0.1) is 11.3 Å². The Hall–Kier alpha value is -2.58. The SMILES string of the molecule is O=C(NCCn1nc(-c2cccs2)cc1C1CC1)c1ccc2nsnc2c1. The molecule has 1 aromatic carbocycles. The van der Waals surface area contributed by atoms with Crippen LogP contribution in [0.4, 0.5) is 0 Å². The highest BCUT2D eigenvalue weighted by molar-refractivity contribution is 7.13. The minimum atomic E-state index is -0.0940. The summed E-state index contributed by atoms with van der Waals surface area (Å²) in [5.41, 5.74) is 4.50. The third kappa shape index (κ3) is 3.38. The van der Waals surface area contributed by atoms with Crippen molar-refractivity contribution in [1.29, 1.82) is 0 Å². The van der Waals surface area contributed by atoms with Crippen molar-refractivity contribution >= 4 is 40.0 Å². The highest BCUT2D eigenvalue weighted by Crippen LogP contribution is 2.41. The lowest BCUT2D eigenvalue weighted by atomic mass is 10.2. The zero-order valence-corrected chi connectivity index (χ0v) is 16.1. The van der Waals surface area contributed by atoms with Crippen LogP contribution in [0.1, 0.15) is 34.8 Å². The van der Waals surface area contributed by atoms with Crippen LogP contribution < -0.4 is 5.32 Å². The Morgan fingerprint density at radius 1 is 1.19 bits per heavy atom. The molecular formula is C19H17N5OS2. The number of amides is 1. The largest absolute Gasteiger partial charge is 0.350 e. The molecule has 0 saturated heterocycles. The van der Waals surface area contributed by atoms with Crippen molar-refractivity contribution < 1.29 is 4.79 Å². The Kier molecular flexibility index (Phi) is 4.21. The lowest BCUT2D eigenvalue weighted by Gasteiger charge is -2.08. The standard InChI is InChI=1S/C19H17N5OS2/c25-19(13-5-6-14-15(10-13)23-27-22-14)20-7-8-24-17(12-3-4-12)11-16(21-24)18-2-1-9-26-18/h1-2,5-6,9-12H,3-4,7-8H2,(H,20,25). The molecule has 1 fully saturated rings. The van der Waals surface area contributed by atoms with E-state index < -0.39 is 0 Å². The molecule has 136 valence electrons. The summed E-state index contributed by atoms with van der Waals surface area (Å²) in [6.07, 6.45) is 2.45.